The van der Waals surface area contributed by atoms with E-state index >= 15 is 0 Å². The van der Waals surface area contributed by atoms with Gasteiger partial charge in [0, 0.05) is 43.8 Å². The van der Waals surface area contributed by atoms with Crippen molar-refractivity contribution in [2.24, 2.45) is 0 Å². The summed E-state index contributed by atoms with van der Waals surface area (Å²) in [5.41, 5.74) is 17.5. The highest BCUT2D eigenvalue weighted by Crippen LogP contribution is 2.43. The lowest BCUT2D eigenvalue weighted by molar-refractivity contribution is 0.568. The lowest BCUT2D eigenvalue weighted by Gasteiger charge is -2.26. The zero-order valence-corrected chi connectivity index (χ0v) is 44.9. The van der Waals surface area contributed by atoms with Gasteiger partial charge in [-0.3, -0.25) is 0 Å². The first kappa shape index (κ1) is 47.7. The second-order valence-corrected chi connectivity index (χ2v) is 24.4. The number of hydrogen-bond acceptors (Lipinski definition) is 3. The van der Waals surface area contributed by atoms with Crippen LogP contribution in [-0.4, -0.2) is 24.1 Å². The van der Waals surface area contributed by atoms with Crippen molar-refractivity contribution in [2.75, 3.05) is 0 Å². The molecule has 0 N–H and O–H groups in total. The summed E-state index contributed by atoms with van der Waals surface area (Å²) >= 11 is 0. The third kappa shape index (κ3) is 8.63. The first-order valence-corrected chi connectivity index (χ1v) is 25.9. The van der Waals surface area contributed by atoms with Crippen molar-refractivity contribution in [1.82, 2.24) is 24.1 Å². The Kier molecular flexibility index (Phi) is 11.3. The van der Waals surface area contributed by atoms with Crippen molar-refractivity contribution in [3.63, 3.8) is 0 Å². The zero-order valence-electron chi connectivity index (χ0n) is 44.9. The Hall–Kier alpha value is -7.63. The molecule has 5 heteroatoms. The largest absolute Gasteiger partial charge is 0.309 e. The Bertz CT molecular complexity index is 3750. The molecular weight excluding hydrogens is 887 g/mol. The molecule has 0 saturated carbocycles. The number of rotatable bonds is 6. The van der Waals surface area contributed by atoms with Crippen LogP contribution in [0.15, 0.2) is 170 Å². The minimum absolute atomic E-state index is 0.114. The highest BCUT2D eigenvalue weighted by molar-refractivity contribution is 6.11. The molecule has 11 aromatic rings. The maximum atomic E-state index is 5.68. The van der Waals surface area contributed by atoms with E-state index in [-0.39, 0.29) is 21.7 Å². The Morgan fingerprint density at radius 1 is 0.301 bits per heavy atom. The van der Waals surface area contributed by atoms with E-state index in [4.69, 9.17) is 15.0 Å². The standard InChI is InChI=1S/C68H67N5/c1-42-30-32-60-54(34-42)53-25-17-21-29-59(53)73(60)61-33-31-43(50-22-14-18-26-56(50)72-57-27-19-15-23-51(57)52-24-16-20-28-58(52)72)39-55(61)64-70-62(44-35-46(65(2,3)4)40-47(36-44)66(5,6)7)69-63(71-64)45-37-48(67(8,9)10)41-49(38-45)68(11,12)13/h14-41H,1-13H3. The fraction of sp³-hybridized carbons (Fsp3) is 0.250. The number of aryl methyl sites for hydroxylation is 1. The Labute approximate surface area is 431 Å². The summed E-state index contributed by atoms with van der Waals surface area (Å²) in [6.45, 7) is 29.6. The highest BCUT2D eigenvalue weighted by atomic mass is 15.1. The predicted molar refractivity (Wildman–Crippen MR) is 310 cm³/mol. The summed E-state index contributed by atoms with van der Waals surface area (Å²) in [6, 6.07) is 62.7. The van der Waals surface area contributed by atoms with Crippen molar-refractivity contribution < 1.29 is 0 Å². The van der Waals surface area contributed by atoms with E-state index in [9.17, 15) is 0 Å². The lowest BCUT2D eigenvalue weighted by atomic mass is 9.79. The van der Waals surface area contributed by atoms with Gasteiger partial charge in [-0.1, -0.05) is 186 Å². The molecule has 0 aliphatic heterocycles. The van der Waals surface area contributed by atoms with E-state index in [1.165, 1.54) is 60.4 Å². The number of para-hydroxylation sites is 4. The van der Waals surface area contributed by atoms with Gasteiger partial charge < -0.3 is 9.13 Å². The Morgan fingerprint density at radius 3 is 1.15 bits per heavy atom. The smallest absolute Gasteiger partial charge is 0.166 e. The van der Waals surface area contributed by atoms with Crippen LogP contribution in [0.5, 0.6) is 0 Å². The summed E-state index contributed by atoms with van der Waals surface area (Å²) in [6.07, 6.45) is 0. The van der Waals surface area contributed by atoms with Crippen LogP contribution in [0, 0.1) is 6.92 Å². The number of nitrogens with zero attached hydrogens (tertiary/aromatic N) is 5. The topological polar surface area (TPSA) is 48.5 Å². The fourth-order valence-electron chi connectivity index (χ4n) is 10.5. The van der Waals surface area contributed by atoms with Crippen LogP contribution in [0.4, 0.5) is 0 Å². The van der Waals surface area contributed by atoms with Gasteiger partial charge in [-0.05, 0) is 129 Å². The zero-order chi connectivity index (χ0) is 51.4. The minimum Gasteiger partial charge on any atom is -0.309 e. The van der Waals surface area contributed by atoms with Crippen LogP contribution >= 0.6 is 0 Å². The van der Waals surface area contributed by atoms with Crippen LogP contribution in [0.25, 0.3) is 100 Å². The molecule has 364 valence electrons. The molecule has 0 aliphatic carbocycles. The minimum atomic E-state index is -0.114. The number of hydrogen-bond donors (Lipinski definition) is 0. The van der Waals surface area contributed by atoms with E-state index in [0.29, 0.717) is 17.5 Å². The molecule has 0 fully saturated rings. The Morgan fingerprint density at radius 2 is 0.685 bits per heavy atom. The fourth-order valence-corrected chi connectivity index (χ4v) is 10.5. The monoisotopic (exact) mass is 954 g/mol. The summed E-state index contributed by atoms with van der Waals surface area (Å²) in [4.78, 5) is 16.9. The first-order valence-electron chi connectivity index (χ1n) is 25.9. The van der Waals surface area contributed by atoms with Gasteiger partial charge in [0.1, 0.15) is 0 Å². The van der Waals surface area contributed by atoms with Gasteiger partial charge in [0.25, 0.3) is 0 Å². The molecule has 0 bridgehead atoms. The molecule has 0 atom stereocenters. The molecule has 11 rings (SSSR count). The predicted octanol–water partition coefficient (Wildman–Crippen LogP) is 18.2. The molecule has 5 nitrogen and oxygen atoms in total. The molecule has 3 aromatic heterocycles. The normalized spacial score (nSPS) is 12.7. The molecular formula is C68H67N5. The molecule has 8 aromatic carbocycles. The summed E-state index contributed by atoms with van der Waals surface area (Å²) in [5, 5.41) is 4.87. The van der Waals surface area contributed by atoms with E-state index in [2.05, 4.69) is 269 Å². The van der Waals surface area contributed by atoms with Gasteiger partial charge >= 0.3 is 0 Å². The van der Waals surface area contributed by atoms with Gasteiger partial charge in [-0.25, -0.2) is 15.0 Å². The van der Waals surface area contributed by atoms with Crippen molar-refractivity contribution in [3.8, 4) is 56.7 Å². The first-order chi connectivity index (χ1) is 34.6. The van der Waals surface area contributed by atoms with Gasteiger partial charge in [0.15, 0.2) is 17.5 Å². The van der Waals surface area contributed by atoms with Crippen molar-refractivity contribution in [1.29, 1.82) is 0 Å². The second kappa shape index (κ2) is 17.3. The summed E-state index contributed by atoms with van der Waals surface area (Å²) in [5.74, 6) is 1.91. The quantitative estimate of drug-likeness (QED) is 0.167. The number of aromatic nitrogens is 5. The Balaban J connectivity index is 1.26. The van der Waals surface area contributed by atoms with Crippen LogP contribution in [0.2, 0.25) is 0 Å². The van der Waals surface area contributed by atoms with E-state index < -0.39 is 0 Å². The maximum Gasteiger partial charge on any atom is 0.166 e. The molecule has 0 spiro atoms. The lowest BCUT2D eigenvalue weighted by Crippen LogP contribution is -2.17. The van der Waals surface area contributed by atoms with Gasteiger partial charge in [0.2, 0.25) is 0 Å². The van der Waals surface area contributed by atoms with Crippen LogP contribution < -0.4 is 0 Å². The van der Waals surface area contributed by atoms with E-state index in [0.717, 1.165) is 50.2 Å². The van der Waals surface area contributed by atoms with E-state index in [1.54, 1.807) is 0 Å². The molecule has 0 unspecified atom stereocenters. The van der Waals surface area contributed by atoms with Crippen LogP contribution in [0.3, 0.4) is 0 Å². The average molecular weight is 954 g/mol. The van der Waals surface area contributed by atoms with Crippen LogP contribution in [0.1, 0.15) is 111 Å². The van der Waals surface area contributed by atoms with Crippen molar-refractivity contribution in [3.05, 3.63) is 198 Å². The highest BCUT2D eigenvalue weighted by Gasteiger charge is 2.27. The third-order valence-corrected chi connectivity index (χ3v) is 14.8. The van der Waals surface area contributed by atoms with E-state index in [1.807, 2.05) is 0 Å². The number of benzene rings is 8. The van der Waals surface area contributed by atoms with Gasteiger partial charge in [-0.2, -0.15) is 0 Å². The van der Waals surface area contributed by atoms with Gasteiger partial charge in [-0.15, -0.1) is 0 Å². The summed E-state index contributed by atoms with van der Waals surface area (Å²) < 4.78 is 4.84. The molecule has 0 aliphatic rings. The van der Waals surface area contributed by atoms with Crippen molar-refractivity contribution in [2.45, 2.75) is 112 Å². The second-order valence-electron chi connectivity index (χ2n) is 24.4. The average Bonchev–Trinajstić information content (AvgIpc) is 3.87. The molecule has 0 amide bonds. The third-order valence-electron chi connectivity index (χ3n) is 14.8. The molecule has 0 radical (unpaired) electrons. The van der Waals surface area contributed by atoms with Gasteiger partial charge in [0.05, 0.1) is 33.4 Å². The molecule has 0 saturated heterocycles. The number of fused-ring (bicyclic) bond motifs is 6. The SMILES string of the molecule is Cc1ccc2c(c1)c1ccccc1n2-c1ccc(-c2ccccc2-n2c3ccccc3c3ccccc32)cc1-c1nc(-c2cc(C(C)(C)C)cc(C(C)(C)C)c2)nc(-c2cc(C(C)(C)C)cc(C(C)(C)C)c2)n1. The maximum absolute atomic E-state index is 5.68. The molecule has 73 heavy (non-hydrogen) atoms. The van der Waals surface area contributed by atoms with Crippen molar-refractivity contribution >= 4 is 43.6 Å². The summed E-state index contributed by atoms with van der Waals surface area (Å²) in [7, 11) is 0. The molecule has 3 heterocycles. The van der Waals surface area contributed by atoms with Crippen LogP contribution in [-0.2, 0) is 21.7 Å².